The highest BCUT2D eigenvalue weighted by atomic mass is 32.2. The number of hydrogen-bond donors (Lipinski definition) is 1. The van der Waals surface area contributed by atoms with Crippen LogP contribution < -0.4 is 5.32 Å². The van der Waals surface area contributed by atoms with E-state index in [4.69, 9.17) is 4.42 Å². The number of furan rings is 1. The van der Waals surface area contributed by atoms with Gasteiger partial charge >= 0.3 is 0 Å². The van der Waals surface area contributed by atoms with Crippen molar-refractivity contribution in [2.24, 2.45) is 0 Å². The van der Waals surface area contributed by atoms with Crippen LogP contribution in [0.5, 0.6) is 0 Å². The summed E-state index contributed by atoms with van der Waals surface area (Å²) in [7, 11) is 0. The lowest BCUT2D eigenvalue weighted by atomic mass is 10.3. The van der Waals surface area contributed by atoms with Crippen molar-refractivity contribution in [3.63, 3.8) is 0 Å². The van der Waals surface area contributed by atoms with Gasteiger partial charge in [-0.3, -0.25) is 0 Å². The minimum absolute atomic E-state index is 0.803. The molecule has 0 aliphatic heterocycles. The Hall–Kier alpha value is -1.35. The van der Waals surface area contributed by atoms with Gasteiger partial charge in [-0.15, -0.1) is 11.8 Å². The van der Waals surface area contributed by atoms with E-state index < -0.39 is 0 Å². The number of benzene rings is 1. The van der Waals surface area contributed by atoms with E-state index in [2.05, 4.69) is 29.6 Å². The highest BCUT2D eigenvalue weighted by Gasteiger charge is 2.17. The second kappa shape index (κ2) is 6.20. The van der Waals surface area contributed by atoms with E-state index in [-0.39, 0.29) is 0 Å². The Kier molecular flexibility index (Phi) is 4.13. The number of anilines is 1. The van der Waals surface area contributed by atoms with Gasteiger partial charge in [0.25, 0.3) is 0 Å². The Morgan fingerprint density at radius 2 is 2.00 bits per heavy atom. The average molecular weight is 273 g/mol. The fourth-order valence-electron chi connectivity index (χ4n) is 2.49. The molecule has 3 rings (SSSR count). The van der Waals surface area contributed by atoms with Crippen LogP contribution in [0.15, 0.2) is 52.2 Å². The molecule has 1 aliphatic rings. The van der Waals surface area contributed by atoms with Gasteiger partial charge in [-0.1, -0.05) is 25.0 Å². The summed E-state index contributed by atoms with van der Waals surface area (Å²) < 4.78 is 5.10. The van der Waals surface area contributed by atoms with E-state index >= 15 is 0 Å². The number of rotatable bonds is 5. The van der Waals surface area contributed by atoms with E-state index in [1.54, 1.807) is 12.5 Å². The molecule has 1 heterocycles. The zero-order chi connectivity index (χ0) is 12.9. The van der Waals surface area contributed by atoms with Crippen molar-refractivity contribution in [3.8, 4) is 0 Å². The van der Waals surface area contributed by atoms with Gasteiger partial charge < -0.3 is 9.73 Å². The Morgan fingerprint density at radius 1 is 1.16 bits per heavy atom. The molecule has 3 heteroatoms. The molecule has 2 aromatic rings. The lowest BCUT2D eigenvalue weighted by molar-refractivity contribution is 0.564. The molecular formula is C16H19NOS. The summed E-state index contributed by atoms with van der Waals surface area (Å²) in [5, 5.41) is 4.31. The predicted octanol–water partition coefficient (Wildman–Crippen LogP) is 4.93. The van der Waals surface area contributed by atoms with E-state index in [1.165, 1.54) is 41.8 Å². The van der Waals surface area contributed by atoms with Crippen LogP contribution in [-0.2, 0) is 6.54 Å². The molecule has 1 N–H and O–H groups in total. The largest absolute Gasteiger partial charge is 0.472 e. The Balaban J connectivity index is 1.66. The average Bonchev–Trinajstić information content (AvgIpc) is 3.10. The van der Waals surface area contributed by atoms with Crippen molar-refractivity contribution in [1.82, 2.24) is 0 Å². The van der Waals surface area contributed by atoms with Crippen molar-refractivity contribution < 1.29 is 4.42 Å². The van der Waals surface area contributed by atoms with Gasteiger partial charge in [0, 0.05) is 27.9 Å². The van der Waals surface area contributed by atoms with E-state index in [9.17, 15) is 0 Å². The van der Waals surface area contributed by atoms with Crippen LogP contribution in [0.1, 0.15) is 31.2 Å². The summed E-state index contributed by atoms with van der Waals surface area (Å²) >= 11 is 2.03. The maximum atomic E-state index is 5.10. The van der Waals surface area contributed by atoms with Gasteiger partial charge in [-0.05, 0) is 31.0 Å². The number of nitrogens with one attached hydrogen (secondary N) is 1. The maximum Gasteiger partial charge on any atom is 0.0952 e. The van der Waals surface area contributed by atoms with Crippen LogP contribution in [0, 0.1) is 0 Å². The van der Waals surface area contributed by atoms with Gasteiger partial charge in [0.2, 0.25) is 0 Å². The molecule has 0 atom stereocenters. The third-order valence-corrected chi connectivity index (χ3v) is 4.96. The van der Waals surface area contributed by atoms with Gasteiger partial charge in [-0.2, -0.15) is 0 Å². The van der Waals surface area contributed by atoms with Crippen molar-refractivity contribution in [2.75, 3.05) is 5.32 Å². The van der Waals surface area contributed by atoms with Crippen LogP contribution in [0.25, 0.3) is 0 Å². The fourth-order valence-corrected chi connectivity index (χ4v) is 3.84. The lowest BCUT2D eigenvalue weighted by Crippen LogP contribution is -2.01. The Morgan fingerprint density at radius 3 is 2.79 bits per heavy atom. The van der Waals surface area contributed by atoms with Crippen LogP contribution in [0.4, 0.5) is 5.69 Å². The monoisotopic (exact) mass is 273 g/mol. The lowest BCUT2D eigenvalue weighted by Gasteiger charge is -2.14. The third-order valence-electron chi connectivity index (χ3n) is 3.55. The minimum atomic E-state index is 0.803. The summed E-state index contributed by atoms with van der Waals surface area (Å²) in [6, 6.07) is 10.6. The van der Waals surface area contributed by atoms with E-state index in [0.29, 0.717) is 0 Å². The molecule has 0 radical (unpaired) electrons. The molecule has 1 aromatic carbocycles. The second-order valence-corrected chi connectivity index (χ2v) is 6.35. The first-order valence-corrected chi connectivity index (χ1v) is 7.80. The maximum absolute atomic E-state index is 5.10. The zero-order valence-electron chi connectivity index (χ0n) is 11.0. The van der Waals surface area contributed by atoms with E-state index in [0.717, 1.165) is 11.8 Å². The van der Waals surface area contributed by atoms with Gasteiger partial charge in [0.05, 0.1) is 12.5 Å². The van der Waals surface area contributed by atoms with Gasteiger partial charge in [-0.25, -0.2) is 0 Å². The van der Waals surface area contributed by atoms with Crippen molar-refractivity contribution in [2.45, 2.75) is 42.4 Å². The van der Waals surface area contributed by atoms with Gasteiger partial charge in [0.1, 0.15) is 0 Å². The normalized spacial score (nSPS) is 15.8. The van der Waals surface area contributed by atoms with Crippen molar-refractivity contribution >= 4 is 17.4 Å². The molecule has 0 spiro atoms. The molecule has 2 nitrogen and oxygen atoms in total. The quantitative estimate of drug-likeness (QED) is 0.836. The van der Waals surface area contributed by atoms with Crippen LogP contribution in [0.3, 0.4) is 0 Å². The zero-order valence-corrected chi connectivity index (χ0v) is 11.8. The number of hydrogen-bond acceptors (Lipinski definition) is 3. The number of para-hydroxylation sites is 1. The molecule has 19 heavy (non-hydrogen) atoms. The topological polar surface area (TPSA) is 25.2 Å². The highest BCUT2D eigenvalue weighted by Crippen LogP contribution is 2.38. The SMILES string of the molecule is c1ccc(SC2CCCC2)c(NCc2ccoc2)c1. The summed E-state index contributed by atoms with van der Waals surface area (Å²) in [5.74, 6) is 0. The smallest absolute Gasteiger partial charge is 0.0952 e. The molecule has 0 saturated heterocycles. The molecule has 0 amide bonds. The molecule has 1 aliphatic carbocycles. The molecule has 0 bridgehead atoms. The third kappa shape index (κ3) is 3.35. The standard InChI is InChI=1S/C16H19NOS/c1-2-6-14(5-1)19-16-8-4-3-7-15(16)17-11-13-9-10-18-12-13/h3-4,7-10,12,14,17H,1-2,5-6,11H2. The minimum Gasteiger partial charge on any atom is -0.472 e. The Labute approximate surface area is 118 Å². The first-order chi connectivity index (χ1) is 9.42. The Bertz CT molecular complexity index is 503. The fraction of sp³-hybridized carbons (Fsp3) is 0.375. The molecular weight excluding hydrogens is 254 g/mol. The van der Waals surface area contributed by atoms with Crippen LogP contribution in [-0.4, -0.2) is 5.25 Å². The van der Waals surface area contributed by atoms with Crippen LogP contribution >= 0.6 is 11.8 Å². The molecule has 1 fully saturated rings. The van der Waals surface area contributed by atoms with Crippen molar-refractivity contribution in [1.29, 1.82) is 0 Å². The summed E-state index contributed by atoms with van der Waals surface area (Å²) in [6.07, 6.45) is 9.02. The highest BCUT2D eigenvalue weighted by molar-refractivity contribution is 8.00. The molecule has 1 aromatic heterocycles. The summed E-state index contributed by atoms with van der Waals surface area (Å²) in [5.41, 5.74) is 2.42. The van der Waals surface area contributed by atoms with Crippen molar-refractivity contribution in [3.05, 3.63) is 48.4 Å². The molecule has 100 valence electrons. The second-order valence-electron chi connectivity index (χ2n) is 5.01. The van der Waals surface area contributed by atoms with Gasteiger partial charge in [0.15, 0.2) is 0 Å². The molecule has 0 unspecified atom stereocenters. The molecule has 1 saturated carbocycles. The van der Waals surface area contributed by atoms with Crippen LogP contribution in [0.2, 0.25) is 0 Å². The van der Waals surface area contributed by atoms with E-state index in [1.807, 2.05) is 17.8 Å². The number of thioether (sulfide) groups is 1. The first kappa shape index (κ1) is 12.7. The predicted molar refractivity (Wildman–Crippen MR) is 80.6 cm³/mol. The summed E-state index contributed by atoms with van der Waals surface area (Å²) in [4.78, 5) is 1.37. The first-order valence-electron chi connectivity index (χ1n) is 6.92. The summed E-state index contributed by atoms with van der Waals surface area (Å²) in [6.45, 7) is 0.818.